The van der Waals surface area contributed by atoms with Crippen molar-refractivity contribution < 1.29 is 4.79 Å². The van der Waals surface area contributed by atoms with Crippen molar-refractivity contribution in [2.24, 2.45) is 0 Å². The van der Waals surface area contributed by atoms with Gasteiger partial charge >= 0.3 is 0 Å². The fourth-order valence-corrected chi connectivity index (χ4v) is 2.55. The van der Waals surface area contributed by atoms with Crippen LogP contribution in [0.25, 0.3) is 10.8 Å². The smallest absolute Gasteiger partial charge is 0.272 e. The molecule has 1 heterocycles. The van der Waals surface area contributed by atoms with E-state index in [0.717, 1.165) is 36.7 Å². The van der Waals surface area contributed by atoms with Crippen LogP contribution in [-0.2, 0) is 0 Å². The first-order valence-corrected chi connectivity index (χ1v) is 7.39. The van der Waals surface area contributed by atoms with Gasteiger partial charge in [0.25, 0.3) is 5.91 Å². The molecule has 0 bridgehead atoms. The maximum absolute atomic E-state index is 12.5. The van der Waals surface area contributed by atoms with Crippen molar-refractivity contribution in [1.29, 1.82) is 0 Å². The Balaban J connectivity index is 2.38. The summed E-state index contributed by atoms with van der Waals surface area (Å²) in [6, 6.07) is 9.53. The third-order valence-electron chi connectivity index (χ3n) is 3.19. The normalized spacial score (nSPS) is 10.8. The molecule has 0 saturated heterocycles. The predicted molar refractivity (Wildman–Crippen MR) is 83.2 cm³/mol. The number of fused-ring (bicyclic) bond motifs is 1. The zero-order valence-corrected chi connectivity index (χ0v) is 12.7. The second-order valence-electron chi connectivity index (χ2n) is 4.81. The Kier molecular flexibility index (Phi) is 4.96. The van der Waals surface area contributed by atoms with Crippen molar-refractivity contribution in [2.45, 2.75) is 26.7 Å². The van der Waals surface area contributed by atoms with Crippen molar-refractivity contribution >= 4 is 28.3 Å². The van der Waals surface area contributed by atoms with E-state index in [1.165, 1.54) is 0 Å². The van der Waals surface area contributed by atoms with Gasteiger partial charge in [-0.05, 0) is 24.3 Å². The lowest BCUT2D eigenvalue weighted by molar-refractivity contribution is 0.0750. The molecule has 0 aliphatic heterocycles. The summed E-state index contributed by atoms with van der Waals surface area (Å²) in [6.07, 6.45) is 1.88. The van der Waals surface area contributed by atoms with Gasteiger partial charge in [0.1, 0.15) is 10.8 Å². The molecule has 0 unspecified atom stereocenters. The van der Waals surface area contributed by atoms with Crippen molar-refractivity contribution in [3.05, 3.63) is 41.2 Å². The summed E-state index contributed by atoms with van der Waals surface area (Å²) in [4.78, 5) is 18.6. The van der Waals surface area contributed by atoms with Gasteiger partial charge in [-0.1, -0.05) is 49.7 Å². The van der Waals surface area contributed by atoms with E-state index in [4.69, 9.17) is 11.6 Å². The van der Waals surface area contributed by atoms with Gasteiger partial charge in [0.15, 0.2) is 0 Å². The highest BCUT2D eigenvalue weighted by Gasteiger charge is 2.17. The summed E-state index contributed by atoms with van der Waals surface area (Å²) in [5.41, 5.74) is 0.426. The van der Waals surface area contributed by atoms with Crippen LogP contribution >= 0.6 is 11.6 Å². The van der Waals surface area contributed by atoms with Gasteiger partial charge in [-0.25, -0.2) is 4.98 Å². The van der Waals surface area contributed by atoms with Gasteiger partial charge in [-0.2, -0.15) is 0 Å². The molecule has 0 N–H and O–H groups in total. The molecule has 4 heteroatoms. The number of rotatable bonds is 5. The van der Waals surface area contributed by atoms with Crippen LogP contribution < -0.4 is 0 Å². The number of halogens is 1. The van der Waals surface area contributed by atoms with Gasteiger partial charge in [0.05, 0.1) is 0 Å². The lowest BCUT2D eigenvalue weighted by atomic mass is 10.1. The Bertz CT molecular complexity index is 606. The number of aromatic nitrogens is 1. The fourth-order valence-electron chi connectivity index (χ4n) is 2.28. The van der Waals surface area contributed by atoms with Crippen LogP contribution in [0.3, 0.4) is 0 Å². The lowest BCUT2D eigenvalue weighted by Gasteiger charge is -2.21. The minimum Gasteiger partial charge on any atom is -0.337 e. The minimum absolute atomic E-state index is 0.0404. The average Bonchev–Trinajstić information content (AvgIpc) is 2.46. The summed E-state index contributed by atoms with van der Waals surface area (Å²) in [5.74, 6) is -0.0404. The molecular weight excluding hydrogens is 272 g/mol. The molecule has 0 aliphatic rings. The summed E-state index contributed by atoms with van der Waals surface area (Å²) in [6.45, 7) is 5.63. The topological polar surface area (TPSA) is 33.2 Å². The van der Waals surface area contributed by atoms with Crippen molar-refractivity contribution in [1.82, 2.24) is 9.88 Å². The first-order chi connectivity index (χ1) is 9.67. The number of benzene rings is 1. The third kappa shape index (κ3) is 3.10. The zero-order valence-electron chi connectivity index (χ0n) is 11.9. The van der Waals surface area contributed by atoms with E-state index in [1.54, 1.807) is 0 Å². The average molecular weight is 291 g/mol. The van der Waals surface area contributed by atoms with Crippen LogP contribution in [0.5, 0.6) is 0 Å². The molecular formula is C16H19ClN2O. The van der Waals surface area contributed by atoms with E-state index >= 15 is 0 Å². The van der Waals surface area contributed by atoms with Gasteiger partial charge in [-0.3, -0.25) is 4.79 Å². The van der Waals surface area contributed by atoms with Crippen LogP contribution in [0.4, 0.5) is 0 Å². The SMILES string of the molecule is CCCN(CCC)C(=O)c1cc2ccccc2c(Cl)n1. The number of carbonyl (C=O) groups is 1. The molecule has 0 spiro atoms. The molecule has 0 aliphatic carbocycles. The predicted octanol–water partition coefficient (Wildman–Crippen LogP) is 4.15. The van der Waals surface area contributed by atoms with Crippen molar-refractivity contribution in [3.63, 3.8) is 0 Å². The Morgan fingerprint density at radius 3 is 2.50 bits per heavy atom. The Morgan fingerprint density at radius 1 is 1.20 bits per heavy atom. The highest BCUT2D eigenvalue weighted by Crippen LogP contribution is 2.23. The third-order valence-corrected chi connectivity index (χ3v) is 3.48. The van der Waals surface area contributed by atoms with E-state index in [-0.39, 0.29) is 5.91 Å². The van der Waals surface area contributed by atoms with E-state index in [2.05, 4.69) is 18.8 Å². The quantitative estimate of drug-likeness (QED) is 0.775. The molecule has 2 rings (SSSR count). The van der Waals surface area contributed by atoms with E-state index < -0.39 is 0 Å². The minimum atomic E-state index is -0.0404. The van der Waals surface area contributed by atoms with E-state index in [1.807, 2.05) is 35.2 Å². The van der Waals surface area contributed by atoms with Crippen LogP contribution in [-0.4, -0.2) is 28.9 Å². The number of carbonyl (C=O) groups excluding carboxylic acids is 1. The molecule has 0 saturated carbocycles. The molecule has 0 fully saturated rings. The highest BCUT2D eigenvalue weighted by molar-refractivity contribution is 6.34. The largest absolute Gasteiger partial charge is 0.337 e. The first kappa shape index (κ1) is 14.8. The standard InChI is InChI=1S/C16H19ClN2O/c1-3-9-19(10-4-2)16(20)14-11-12-7-5-6-8-13(12)15(17)18-14/h5-8,11H,3-4,9-10H2,1-2H3. The highest BCUT2D eigenvalue weighted by atomic mass is 35.5. The number of amides is 1. The molecule has 1 aromatic heterocycles. The number of nitrogens with zero attached hydrogens (tertiary/aromatic N) is 2. The molecule has 2 aromatic rings. The van der Waals surface area contributed by atoms with Crippen molar-refractivity contribution in [3.8, 4) is 0 Å². The molecule has 1 amide bonds. The van der Waals surface area contributed by atoms with Gasteiger partial charge < -0.3 is 4.90 Å². The van der Waals surface area contributed by atoms with E-state index in [0.29, 0.717) is 10.8 Å². The van der Waals surface area contributed by atoms with Crippen LogP contribution in [0, 0.1) is 0 Å². The Labute approximate surface area is 124 Å². The number of hydrogen-bond acceptors (Lipinski definition) is 2. The van der Waals surface area contributed by atoms with Crippen molar-refractivity contribution in [2.75, 3.05) is 13.1 Å². The molecule has 3 nitrogen and oxygen atoms in total. The molecule has 106 valence electrons. The Morgan fingerprint density at radius 2 is 1.85 bits per heavy atom. The van der Waals surface area contributed by atoms with Gasteiger partial charge in [-0.15, -0.1) is 0 Å². The zero-order chi connectivity index (χ0) is 14.5. The second kappa shape index (κ2) is 6.71. The number of hydrogen-bond donors (Lipinski definition) is 0. The summed E-state index contributed by atoms with van der Waals surface area (Å²) < 4.78 is 0. The summed E-state index contributed by atoms with van der Waals surface area (Å²) in [7, 11) is 0. The van der Waals surface area contributed by atoms with Crippen LogP contribution in [0.1, 0.15) is 37.2 Å². The molecule has 20 heavy (non-hydrogen) atoms. The van der Waals surface area contributed by atoms with E-state index in [9.17, 15) is 4.79 Å². The van der Waals surface area contributed by atoms with Gasteiger partial charge in [0, 0.05) is 18.5 Å². The first-order valence-electron chi connectivity index (χ1n) is 7.02. The summed E-state index contributed by atoms with van der Waals surface area (Å²) >= 11 is 6.18. The monoisotopic (exact) mass is 290 g/mol. The lowest BCUT2D eigenvalue weighted by Crippen LogP contribution is -2.33. The van der Waals surface area contributed by atoms with Crippen LogP contribution in [0.15, 0.2) is 30.3 Å². The summed E-state index contributed by atoms with van der Waals surface area (Å²) in [5, 5.41) is 2.21. The number of pyridine rings is 1. The fraction of sp³-hybridized carbons (Fsp3) is 0.375. The molecule has 0 radical (unpaired) electrons. The molecule has 1 aromatic carbocycles. The van der Waals surface area contributed by atoms with Gasteiger partial charge in [0.2, 0.25) is 0 Å². The Hall–Kier alpha value is -1.61. The van der Waals surface area contributed by atoms with Crippen LogP contribution in [0.2, 0.25) is 5.15 Å². The maximum atomic E-state index is 12.5. The molecule has 0 atom stereocenters. The second-order valence-corrected chi connectivity index (χ2v) is 5.17. The maximum Gasteiger partial charge on any atom is 0.272 e.